The molecule has 0 radical (unpaired) electrons. The van der Waals surface area contributed by atoms with Crippen LogP contribution < -0.4 is 5.32 Å². The standard InChI is InChI=1S/C7H11F2NS/c8-7(9)1-3-10-6(7)2-4-11-5-6/h10H,1-5H2. The maximum atomic E-state index is 13.2. The third-order valence-electron chi connectivity index (χ3n) is 2.62. The Hall–Kier alpha value is 0.170. The summed E-state index contributed by atoms with van der Waals surface area (Å²) in [5.74, 6) is -1.00. The molecule has 2 rings (SSSR count). The first-order valence-corrected chi connectivity index (χ1v) is 5.02. The van der Waals surface area contributed by atoms with Gasteiger partial charge in [0.15, 0.2) is 0 Å². The second kappa shape index (κ2) is 2.33. The molecular weight excluding hydrogens is 168 g/mol. The van der Waals surface area contributed by atoms with Crippen molar-refractivity contribution in [1.82, 2.24) is 5.32 Å². The Labute approximate surface area is 68.9 Å². The molecule has 2 heterocycles. The molecule has 2 saturated heterocycles. The molecule has 0 saturated carbocycles. The Bertz CT molecular complexity index is 160. The highest BCUT2D eigenvalue weighted by molar-refractivity contribution is 7.99. The lowest BCUT2D eigenvalue weighted by molar-refractivity contribution is -0.0497. The van der Waals surface area contributed by atoms with Gasteiger partial charge in [0.05, 0.1) is 5.54 Å². The van der Waals surface area contributed by atoms with Crippen LogP contribution in [-0.4, -0.2) is 29.5 Å². The summed E-state index contributed by atoms with van der Waals surface area (Å²) in [5, 5.41) is 2.95. The zero-order chi connectivity index (χ0) is 7.95. The highest BCUT2D eigenvalue weighted by atomic mass is 32.2. The predicted octanol–water partition coefficient (Wildman–Crippen LogP) is 1.49. The van der Waals surface area contributed by atoms with E-state index in [2.05, 4.69) is 5.32 Å². The van der Waals surface area contributed by atoms with E-state index in [1.165, 1.54) is 0 Å². The third-order valence-corrected chi connectivity index (χ3v) is 3.81. The first kappa shape index (κ1) is 7.80. The van der Waals surface area contributed by atoms with Crippen molar-refractivity contribution in [2.45, 2.75) is 24.3 Å². The minimum Gasteiger partial charge on any atom is -0.305 e. The molecule has 1 spiro atoms. The zero-order valence-electron chi connectivity index (χ0n) is 6.20. The second-order valence-electron chi connectivity index (χ2n) is 3.27. The number of halogens is 2. The smallest absolute Gasteiger partial charge is 0.267 e. The zero-order valence-corrected chi connectivity index (χ0v) is 7.02. The van der Waals surface area contributed by atoms with E-state index in [9.17, 15) is 8.78 Å². The molecule has 2 aliphatic heterocycles. The van der Waals surface area contributed by atoms with E-state index in [4.69, 9.17) is 0 Å². The van der Waals surface area contributed by atoms with Crippen LogP contribution >= 0.6 is 11.8 Å². The second-order valence-corrected chi connectivity index (χ2v) is 4.37. The number of thioether (sulfide) groups is 1. The largest absolute Gasteiger partial charge is 0.305 e. The summed E-state index contributed by atoms with van der Waals surface area (Å²) in [5.41, 5.74) is -0.836. The molecule has 2 aliphatic rings. The SMILES string of the molecule is FC1(F)CCNC12CCSC2. The topological polar surface area (TPSA) is 12.0 Å². The van der Waals surface area contributed by atoms with Crippen molar-refractivity contribution in [2.75, 3.05) is 18.1 Å². The number of rotatable bonds is 0. The van der Waals surface area contributed by atoms with Crippen LogP contribution in [0.25, 0.3) is 0 Å². The van der Waals surface area contributed by atoms with Crippen LogP contribution in [0.2, 0.25) is 0 Å². The van der Waals surface area contributed by atoms with Gasteiger partial charge in [-0.15, -0.1) is 0 Å². The minimum absolute atomic E-state index is 0.0214. The molecule has 0 amide bonds. The Morgan fingerprint density at radius 3 is 2.55 bits per heavy atom. The number of nitrogens with one attached hydrogen (secondary N) is 1. The van der Waals surface area contributed by atoms with Gasteiger partial charge in [0.2, 0.25) is 0 Å². The van der Waals surface area contributed by atoms with Gasteiger partial charge in [-0.1, -0.05) is 0 Å². The summed E-state index contributed by atoms with van der Waals surface area (Å²) >= 11 is 1.63. The van der Waals surface area contributed by atoms with Crippen LogP contribution in [0.15, 0.2) is 0 Å². The van der Waals surface area contributed by atoms with Crippen LogP contribution in [0.3, 0.4) is 0 Å². The molecule has 1 atom stereocenters. The van der Waals surface area contributed by atoms with E-state index in [0.29, 0.717) is 18.7 Å². The summed E-state index contributed by atoms with van der Waals surface area (Å²) in [6, 6.07) is 0. The predicted molar refractivity (Wildman–Crippen MR) is 42.2 cm³/mol. The molecule has 1 N–H and O–H groups in total. The molecular formula is C7H11F2NS. The Morgan fingerprint density at radius 1 is 1.27 bits per heavy atom. The van der Waals surface area contributed by atoms with Crippen LogP contribution in [-0.2, 0) is 0 Å². The van der Waals surface area contributed by atoms with Crippen molar-refractivity contribution in [3.63, 3.8) is 0 Å². The molecule has 0 aromatic heterocycles. The van der Waals surface area contributed by atoms with Gasteiger partial charge >= 0.3 is 0 Å². The van der Waals surface area contributed by atoms with Crippen molar-refractivity contribution in [1.29, 1.82) is 0 Å². The first-order chi connectivity index (χ1) is 5.16. The summed E-state index contributed by atoms with van der Waals surface area (Å²) in [6.07, 6.45) is 0.651. The third kappa shape index (κ3) is 0.991. The quantitative estimate of drug-likeness (QED) is 0.604. The van der Waals surface area contributed by atoms with Crippen LogP contribution in [0.1, 0.15) is 12.8 Å². The molecule has 11 heavy (non-hydrogen) atoms. The maximum absolute atomic E-state index is 13.2. The van der Waals surface area contributed by atoms with Crippen molar-refractivity contribution in [2.24, 2.45) is 0 Å². The van der Waals surface area contributed by atoms with Gasteiger partial charge in [0.25, 0.3) is 5.92 Å². The lowest BCUT2D eigenvalue weighted by Crippen LogP contribution is -2.51. The highest BCUT2D eigenvalue weighted by Gasteiger charge is 2.58. The fourth-order valence-electron chi connectivity index (χ4n) is 1.82. The highest BCUT2D eigenvalue weighted by Crippen LogP contribution is 2.45. The van der Waals surface area contributed by atoms with Gasteiger partial charge in [-0.05, 0) is 12.2 Å². The lowest BCUT2D eigenvalue weighted by Gasteiger charge is -2.29. The van der Waals surface area contributed by atoms with Gasteiger partial charge in [0.1, 0.15) is 0 Å². The van der Waals surface area contributed by atoms with Gasteiger partial charge in [-0.3, -0.25) is 0 Å². The first-order valence-electron chi connectivity index (χ1n) is 3.87. The average Bonchev–Trinajstić information content (AvgIpc) is 2.45. The van der Waals surface area contributed by atoms with Crippen molar-refractivity contribution >= 4 is 11.8 Å². The summed E-state index contributed by atoms with van der Waals surface area (Å²) in [6.45, 7) is 0.480. The van der Waals surface area contributed by atoms with Crippen LogP contribution in [0.5, 0.6) is 0 Å². The molecule has 0 bridgehead atoms. The number of hydrogen-bond donors (Lipinski definition) is 1. The van der Waals surface area contributed by atoms with Crippen molar-refractivity contribution in [3.05, 3.63) is 0 Å². The molecule has 4 heteroatoms. The molecule has 2 fully saturated rings. The van der Waals surface area contributed by atoms with Crippen LogP contribution in [0, 0.1) is 0 Å². The van der Waals surface area contributed by atoms with Crippen molar-refractivity contribution in [3.8, 4) is 0 Å². The summed E-state index contributed by atoms with van der Waals surface area (Å²) < 4.78 is 26.5. The molecule has 1 unspecified atom stereocenters. The molecule has 0 aromatic rings. The van der Waals surface area contributed by atoms with Gasteiger partial charge in [-0.25, -0.2) is 8.78 Å². The van der Waals surface area contributed by atoms with Crippen LogP contribution in [0.4, 0.5) is 8.78 Å². The van der Waals surface area contributed by atoms with Gasteiger partial charge in [-0.2, -0.15) is 11.8 Å². The van der Waals surface area contributed by atoms with E-state index in [0.717, 1.165) is 5.75 Å². The minimum atomic E-state index is -2.46. The van der Waals surface area contributed by atoms with E-state index in [1.54, 1.807) is 11.8 Å². The fraction of sp³-hybridized carbons (Fsp3) is 1.00. The fourth-order valence-corrected chi connectivity index (χ4v) is 3.26. The lowest BCUT2D eigenvalue weighted by atomic mass is 9.93. The summed E-state index contributed by atoms with van der Waals surface area (Å²) in [4.78, 5) is 0. The molecule has 64 valence electrons. The average molecular weight is 179 g/mol. The van der Waals surface area contributed by atoms with E-state index in [-0.39, 0.29) is 6.42 Å². The molecule has 1 nitrogen and oxygen atoms in total. The van der Waals surface area contributed by atoms with E-state index >= 15 is 0 Å². The monoisotopic (exact) mass is 179 g/mol. The number of hydrogen-bond acceptors (Lipinski definition) is 2. The van der Waals surface area contributed by atoms with E-state index < -0.39 is 11.5 Å². The maximum Gasteiger partial charge on any atom is 0.267 e. The summed E-state index contributed by atoms with van der Waals surface area (Å²) in [7, 11) is 0. The Kier molecular flexibility index (Phi) is 1.65. The Morgan fingerprint density at radius 2 is 2.09 bits per heavy atom. The van der Waals surface area contributed by atoms with Crippen molar-refractivity contribution < 1.29 is 8.78 Å². The number of alkyl halides is 2. The van der Waals surface area contributed by atoms with Gasteiger partial charge < -0.3 is 5.32 Å². The van der Waals surface area contributed by atoms with Gasteiger partial charge in [0, 0.05) is 18.7 Å². The molecule has 0 aromatic carbocycles. The Balaban J connectivity index is 2.22. The normalized spacial score (nSPS) is 42.0. The molecule has 0 aliphatic carbocycles. The van der Waals surface area contributed by atoms with E-state index in [1.807, 2.05) is 0 Å².